The molecule has 1 heterocycles. The summed E-state index contributed by atoms with van der Waals surface area (Å²) in [6.07, 6.45) is 2.47. The quantitative estimate of drug-likeness (QED) is 0.1000. The molecular weight excluding hydrogens is 699 g/mol. The van der Waals surface area contributed by atoms with Gasteiger partial charge in [-0.15, -0.1) is 6.58 Å². The Bertz CT molecular complexity index is 1790. The van der Waals surface area contributed by atoms with Gasteiger partial charge in [-0.05, 0) is 75.8 Å². The number of likely N-dealkylation sites (tertiary alicyclic amines) is 1. The zero-order chi connectivity index (χ0) is 41.4. The second-order valence-electron chi connectivity index (χ2n) is 18.1. The Morgan fingerprint density at radius 1 is 0.982 bits per heavy atom. The summed E-state index contributed by atoms with van der Waals surface area (Å²) in [4.78, 5) is 44.8. The molecule has 304 valence electrons. The second-order valence-corrected chi connectivity index (χ2v) is 18.1. The van der Waals surface area contributed by atoms with E-state index in [1.807, 2.05) is 54.3 Å². The number of hydrogen-bond donors (Lipinski definition) is 3. The van der Waals surface area contributed by atoms with Crippen molar-refractivity contribution in [1.29, 1.82) is 0 Å². The molecule has 2 amide bonds. The summed E-state index contributed by atoms with van der Waals surface area (Å²) in [7, 11) is 1.70. The van der Waals surface area contributed by atoms with Gasteiger partial charge >= 0.3 is 0 Å². The predicted octanol–water partition coefficient (Wildman–Crippen LogP) is 8.39. The highest BCUT2D eigenvalue weighted by molar-refractivity contribution is 5.83. The first-order valence-electron chi connectivity index (χ1n) is 20.3. The summed E-state index contributed by atoms with van der Waals surface area (Å²) >= 11 is 0. The molecule has 4 rings (SSSR count). The lowest BCUT2D eigenvalue weighted by atomic mass is 9.67. The number of Topliss-reactive ketones (excluding diaryl/α,β-unsaturated/α-hetero) is 1. The van der Waals surface area contributed by atoms with Crippen LogP contribution in [0.4, 0.5) is 0 Å². The molecule has 3 N–H and O–H groups in total. The van der Waals surface area contributed by atoms with Crippen LogP contribution in [0.3, 0.4) is 0 Å². The maximum absolute atomic E-state index is 15.2. The molecule has 0 bridgehead atoms. The maximum Gasteiger partial charge on any atom is 0.226 e. The lowest BCUT2D eigenvalue weighted by Gasteiger charge is -2.38. The summed E-state index contributed by atoms with van der Waals surface area (Å²) < 4.78 is 6.19. The number of rotatable bonds is 16. The molecule has 1 saturated heterocycles. The first kappa shape index (κ1) is 44.3. The fourth-order valence-corrected chi connectivity index (χ4v) is 8.27. The van der Waals surface area contributed by atoms with Gasteiger partial charge in [-0.1, -0.05) is 117 Å². The van der Waals surface area contributed by atoms with Gasteiger partial charge in [0, 0.05) is 55.6 Å². The van der Waals surface area contributed by atoms with Crippen LogP contribution in [0.5, 0.6) is 11.5 Å². The Morgan fingerprint density at radius 2 is 1.64 bits per heavy atom. The molecule has 0 saturated carbocycles. The van der Waals surface area contributed by atoms with E-state index < -0.39 is 5.92 Å². The Hall–Kier alpha value is -4.43. The number of ketones is 1. The van der Waals surface area contributed by atoms with Crippen LogP contribution in [0.1, 0.15) is 96.6 Å². The number of methoxy groups -OCH3 is 1. The number of hydrogen-bond acceptors (Lipinski definition) is 6. The van der Waals surface area contributed by atoms with E-state index in [0.29, 0.717) is 32.6 Å². The van der Waals surface area contributed by atoms with Gasteiger partial charge in [0.15, 0.2) is 0 Å². The zero-order valence-electron chi connectivity index (χ0n) is 35.6. The van der Waals surface area contributed by atoms with Gasteiger partial charge in [-0.3, -0.25) is 14.4 Å². The first-order valence-corrected chi connectivity index (χ1v) is 20.3. The number of benzene rings is 3. The van der Waals surface area contributed by atoms with E-state index in [0.717, 1.165) is 28.0 Å². The summed E-state index contributed by atoms with van der Waals surface area (Å²) in [5.41, 5.74) is 4.79. The Morgan fingerprint density at radius 3 is 2.23 bits per heavy atom. The number of carbonyl (C=O) groups is 3. The number of nitrogens with one attached hydrogen (secondary N) is 2. The van der Waals surface area contributed by atoms with Crippen molar-refractivity contribution in [1.82, 2.24) is 15.5 Å². The van der Waals surface area contributed by atoms with Crippen molar-refractivity contribution >= 4 is 17.6 Å². The topological polar surface area (TPSA) is 108 Å². The fourth-order valence-electron chi connectivity index (χ4n) is 8.27. The molecule has 1 fully saturated rings. The van der Waals surface area contributed by atoms with Crippen molar-refractivity contribution in [3.05, 3.63) is 107 Å². The lowest BCUT2D eigenvalue weighted by Crippen LogP contribution is -2.42. The number of carbonyl (C=O) groups excluding carboxylic acids is 3. The number of phenols is 1. The van der Waals surface area contributed by atoms with Crippen molar-refractivity contribution in [2.75, 3.05) is 26.7 Å². The summed E-state index contributed by atoms with van der Waals surface area (Å²) in [5, 5.41) is 16.4. The van der Waals surface area contributed by atoms with Gasteiger partial charge in [0.2, 0.25) is 11.8 Å². The Balaban J connectivity index is 1.84. The molecule has 3 aromatic rings. The molecule has 1 aliphatic rings. The Kier molecular flexibility index (Phi) is 15.1. The van der Waals surface area contributed by atoms with Gasteiger partial charge < -0.3 is 25.4 Å². The normalized spacial score (nSPS) is 20.2. The van der Waals surface area contributed by atoms with Crippen molar-refractivity contribution in [3.63, 3.8) is 0 Å². The molecule has 6 atom stereocenters. The van der Waals surface area contributed by atoms with E-state index in [-0.39, 0.29) is 76.7 Å². The van der Waals surface area contributed by atoms with Gasteiger partial charge in [0.1, 0.15) is 17.3 Å². The molecule has 0 aromatic heterocycles. The van der Waals surface area contributed by atoms with Gasteiger partial charge in [-0.25, -0.2) is 0 Å². The van der Waals surface area contributed by atoms with E-state index in [2.05, 4.69) is 84.7 Å². The summed E-state index contributed by atoms with van der Waals surface area (Å²) in [6.45, 7) is 25.0. The molecule has 56 heavy (non-hydrogen) atoms. The minimum atomic E-state index is -0.447. The average molecular weight is 766 g/mol. The molecule has 0 aliphatic carbocycles. The standard InChI is InChI=1S/C48H67N3O5/c1-12-22-49-28-39(53)26-40-33(4)41(23-34-18-20-38(52)21-19-34)46(55)51(29-36-24-37(47(5,6)7)25-43(44(36)56-11)48(8,9)10)30-42(40)31(2)32(3)45(54)50-27-35-16-14-13-15-17-35/h12-21,24-25,31-33,40-42,49,52H,1,22-23,26-30H2,2-11H3,(H,50,54)/t31?,32?,33?,40?,41-,42-/m1/s1. The van der Waals surface area contributed by atoms with Crippen molar-refractivity contribution < 1.29 is 24.2 Å². The van der Waals surface area contributed by atoms with Crippen LogP contribution in [0.15, 0.2) is 79.4 Å². The van der Waals surface area contributed by atoms with Crippen LogP contribution in [0.25, 0.3) is 0 Å². The van der Waals surface area contributed by atoms with E-state index >= 15 is 4.79 Å². The molecule has 8 heteroatoms. The number of aromatic hydroxyl groups is 1. The van der Waals surface area contributed by atoms with Crippen LogP contribution in [-0.4, -0.2) is 54.3 Å². The monoisotopic (exact) mass is 766 g/mol. The largest absolute Gasteiger partial charge is 0.508 e. The highest BCUT2D eigenvalue weighted by atomic mass is 16.5. The number of nitrogens with zero attached hydrogens (tertiary/aromatic N) is 1. The van der Waals surface area contributed by atoms with E-state index in [1.165, 1.54) is 5.56 Å². The number of phenolic OH excluding ortho intramolecular Hbond substituents is 1. The van der Waals surface area contributed by atoms with Crippen LogP contribution in [-0.2, 0) is 44.7 Å². The van der Waals surface area contributed by atoms with Crippen LogP contribution in [0.2, 0.25) is 0 Å². The lowest BCUT2D eigenvalue weighted by molar-refractivity contribution is -0.137. The summed E-state index contributed by atoms with van der Waals surface area (Å²) in [6, 6.07) is 21.4. The van der Waals surface area contributed by atoms with Gasteiger partial charge in [0.05, 0.1) is 13.7 Å². The van der Waals surface area contributed by atoms with Crippen molar-refractivity contribution in [2.24, 2.45) is 35.5 Å². The molecule has 3 aromatic carbocycles. The van der Waals surface area contributed by atoms with Crippen molar-refractivity contribution in [2.45, 2.75) is 99.1 Å². The summed E-state index contributed by atoms with van der Waals surface area (Å²) in [5.74, 6) is -0.555. The zero-order valence-corrected chi connectivity index (χ0v) is 35.6. The second kappa shape index (κ2) is 19.1. The van der Waals surface area contributed by atoms with E-state index in [9.17, 15) is 14.7 Å². The Labute approximate surface area is 336 Å². The molecule has 0 spiro atoms. The van der Waals surface area contributed by atoms with Crippen LogP contribution in [0, 0.1) is 35.5 Å². The highest BCUT2D eigenvalue weighted by Crippen LogP contribution is 2.44. The van der Waals surface area contributed by atoms with Crippen molar-refractivity contribution in [3.8, 4) is 11.5 Å². The molecule has 1 aliphatic heterocycles. The third-order valence-corrected chi connectivity index (χ3v) is 12.0. The first-order chi connectivity index (χ1) is 26.3. The number of amides is 2. The average Bonchev–Trinajstić information content (AvgIpc) is 3.24. The molecule has 8 nitrogen and oxygen atoms in total. The minimum absolute atomic E-state index is 0.0178. The molecular formula is C48H67N3O5. The van der Waals surface area contributed by atoms with Crippen LogP contribution < -0.4 is 15.4 Å². The fraction of sp³-hybridized carbons (Fsp3) is 0.521. The SMILES string of the molecule is C=CCNCC(=O)CC1C(C)[C@@H](Cc2ccc(O)cc2)C(=O)N(Cc2cc(C(C)(C)C)cc(C(C)(C)C)c2OC)C[C@@H]1C(C)C(C)C(=O)NCc1ccccc1. The predicted molar refractivity (Wildman–Crippen MR) is 227 cm³/mol. The third kappa shape index (κ3) is 11.3. The van der Waals surface area contributed by atoms with E-state index in [1.54, 1.807) is 25.3 Å². The van der Waals surface area contributed by atoms with Crippen LogP contribution >= 0.6 is 0 Å². The minimum Gasteiger partial charge on any atom is -0.508 e. The molecule has 4 unspecified atom stereocenters. The molecule has 0 radical (unpaired) electrons. The van der Waals surface area contributed by atoms with Gasteiger partial charge in [0.25, 0.3) is 0 Å². The smallest absolute Gasteiger partial charge is 0.226 e. The third-order valence-electron chi connectivity index (χ3n) is 12.0. The number of ether oxygens (including phenoxy) is 1. The van der Waals surface area contributed by atoms with E-state index in [4.69, 9.17) is 4.74 Å². The highest BCUT2D eigenvalue weighted by Gasteiger charge is 2.46. The van der Waals surface area contributed by atoms with Gasteiger partial charge in [-0.2, -0.15) is 0 Å². The maximum atomic E-state index is 15.2.